The molecule has 0 aromatic rings. The van der Waals surface area contributed by atoms with E-state index in [4.69, 9.17) is 11.6 Å². The van der Waals surface area contributed by atoms with E-state index in [1.165, 1.54) is 0 Å². The van der Waals surface area contributed by atoms with Crippen LogP contribution in [0.1, 0.15) is 27.2 Å². The van der Waals surface area contributed by atoms with Gasteiger partial charge in [0.05, 0.1) is 0 Å². The maximum Gasteiger partial charge on any atom is 0.225 e. The molecule has 1 heterocycles. The minimum Gasteiger partial charge on any atom is -0.341 e. The van der Waals surface area contributed by atoms with E-state index in [-0.39, 0.29) is 5.92 Å². The van der Waals surface area contributed by atoms with Gasteiger partial charge >= 0.3 is 0 Å². The van der Waals surface area contributed by atoms with Gasteiger partial charge < -0.3 is 9.80 Å². The second kappa shape index (κ2) is 7.22. The van der Waals surface area contributed by atoms with Crippen molar-refractivity contribution in [2.75, 3.05) is 38.6 Å². The molecule has 1 aliphatic heterocycles. The second-order valence-corrected chi connectivity index (χ2v) is 5.62. The molecule has 1 saturated heterocycles. The minimum atomic E-state index is 0.134. The lowest BCUT2D eigenvalue weighted by molar-refractivity contribution is -0.136. The Hall–Kier alpha value is -0.280. The van der Waals surface area contributed by atoms with Crippen molar-refractivity contribution in [3.05, 3.63) is 0 Å². The number of carbonyl (C=O) groups excluding carboxylic acids is 1. The number of carbonyl (C=O) groups is 1. The molecular weight excluding hydrogens is 236 g/mol. The van der Waals surface area contributed by atoms with Crippen LogP contribution in [0.25, 0.3) is 0 Å². The van der Waals surface area contributed by atoms with Gasteiger partial charge in [0, 0.05) is 38.0 Å². The van der Waals surface area contributed by atoms with Crippen LogP contribution in [0.5, 0.6) is 0 Å². The first-order valence-corrected chi connectivity index (χ1v) is 7.16. The van der Waals surface area contributed by atoms with E-state index in [1.807, 2.05) is 11.8 Å². The van der Waals surface area contributed by atoms with E-state index in [2.05, 4.69) is 18.7 Å². The molecule has 0 aromatic carbocycles. The summed E-state index contributed by atoms with van der Waals surface area (Å²) in [6.07, 6.45) is 1.06. The van der Waals surface area contributed by atoms with Crippen LogP contribution in [0, 0.1) is 11.8 Å². The summed E-state index contributed by atoms with van der Waals surface area (Å²) in [7, 11) is 0. The van der Waals surface area contributed by atoms with Crippen LogP contribution in [0.2, 0.25) is 0 Å². The predicted octanol–water partition coefficient (Wildman–Crippen LogP) is 2.05. The monoisotopic (exact) mass is 260 g/mol. The third-order valence-corrected chi connectivity index (χ3v) is 3.86. The SMILES string of the molecule is CC(C)C(C)C(=O)N1CCCN(CCCl)CC1. The van der Waals surface area contributed by atoms with Crippen molar-refractivity contribution in [1.82, 2.24) is 9.80 Å². The van der Waals surface area contributed by atoms with Crippen molar-refractivity contribution >= 4 is 17.5 Å². The van der Waals surface area contributed by atoms with Gasteiger partial charge in [-0.25, -0.2) is 0 Å². The predicted molar refractivity (Wildman–Crippen MR) is 72.4 cm³/mol. The van der Waals surface area contributed by atoms with Gasteiger partial charge in [-0.1, -0.05) is 20.8 Å². The number of rotatable bonds is 4. The lowest BCUT2D eigenvalue weighted by atomic mass is 9.96. The van der Waals surface area contributed by atoms with Crippen LogP contribution in [-0.4, -0.2) is 54.3 Å². The molecule has 0 bridgehead atoms. The van der Waals surface area contributed by atoms with Gasteiger partial charge in [-0.3, -0.25) is 4.79 Å². The molecule has 0 aromatic heterocycles. The Labute approximate surface area is 110 Å². The topological polar surface area (TPSA) is 23.6 Å². The lowest BCUT2D eigenvalue weighted by Gasteiger charge is -2.26. The Bertz CT molecular complexity index is 246. The van der Waals surface area contributed by atoms with Gasteiger partial charge in [0.1, 0.15) is 0 Å². The van der Waals surface area contributed by atoms with Crippen molar-refractivity contribution in [2.45, 2.75) is 27.2 Å². The van der Waals surface area contributed by atoms with Crippen LogP contribution in [0.15, 0.2) is 0 Å². The molecule has 0 radical (unpaired) electrons. The molecule has 0 saturated carbocycles. The van der Waals surface area contributed by atoms with Crippen molar-refractivity contribution in [1.29, 1.82) is 0 Å². The number of halogens is 1. The average molecular weight is 261 g/mol. The van der Waals surface area contributed by atoms with E-state index in [9.17, 15) is 4.79 Å². The van der Waals surface area contributed by atoms with Crippen molar-refractivity contribution < 1.29 is 4.79 Å². The number of hydrogen-bond acceptors (Lipinski definition) is 2. The molecule has 1 fully saturated rings. The molecule has 1 rings (SSSR count). The molecule has 0 N–H and O–H groups in total. The summed E-state index contributed by atoms with van der Waals surface area (Å²) in [5, 5.41) is 0. The Morgan fingerprint density at radius 3 is 2.47 bits per heavy atom. The van der Waals surface area contributed by atoms with Crippen LogP contribution < -0.4 is 0 Å². The minimum absolute atomic E-state index is 0.134. The van der Waals surface area contributed by atoms with E-state index in [0.29, 0.717) is 17.7 Å². The quantitative estimate of drug-likeness (QED) is 0.723. The molecule has 1 aliphatic rings. The zero-order valence-electron chi connectivity index (χ0n) is 11.3. The highest BCUT2D eigenvalue weighted by molar-refractivity contribution is 6.18. The summed E-state index contributed by atoms with van der Waals surface area (Å²) in [5.74, 6) is 1.54. The molecule has 1 atom stereocenters. The number of hydrogen-bond donors (Lipinski definition) is 0. The third-order valence-electron chi connectivity index (χ3n) is 3.69. The molecule has 4 heteroatoms. The number of amides is 1. The zero-order valence-corrected chi connectivity index (χ0v) is 12.0. The Morgan fingerprint density at radius 1 is 1.18 bits per heavy atom. The van der Waals surface area contributed by atoms with Gasteiger partial charge in [-0.05, 0) is 18.9 Å². The first-order valence-electron chi connectivity index (χ1n) is 6.63. The first kappa shape index (κ1) is 14.8. The molecule has 100 valence electrons. The summed E-state index contributed by atoms with van der Waals surface area (Å²) in [4.78, 5) is 16.6. The Kier molecular flexibility index (Phi) is 6.28. The highest BCUT2D eigenvalue weighted by Crippen LogP contribution is 2.15. The van der Waals surface area contributed by atoms with Crippen molar-refractivity contribution in [2.24, 2.45) is 11.8 Å². The van der Waals surface area contributed by atoms with Gasteiger partial charge in [0.2, 0.25) is 5.91 Å². The molecular formula is C13H25ClN2O. The van der Waals surface area contributed by atoms with Gasteiger partial charge in [-0.2, -0.15) is 0 Å². The van der Waals surface area contributed by atoms with Crippen LogP contribution in [0.3, 0.4) is 0 Å². The van der Waals surface area contributed by atoms with Gasteiger partial charge in [0.15, 0.2) is 0 Å². The van der Waals surface area contributed by atoms with E-state index in [1.54, 1.807) is 0 Å². The normalized spacial score (nSPS) is 20.4. The molecule has 17 heavy (non-hydrogen) atoms. The highest BCUT2D eigenvalue weighted by atomic mass is 35.5. The van der Waals surface area contributed by atoms with Crippen LogP contribution in [-0.2, 0) is 4.79 Å². The van der Waals surface area contributed by atoms with Crippen molar-refractivity contribution in [3.63, 3.8) is 0 Å². The van der Waals surface area contributed by atoms with Crippen LogP contribution in [0.4, 0.5) is 0 Å². The molecule has 0 aliphatic carbocycles. The summed E-state index contributed by atoms with van der Waals surface area (Å²) in [6.45, 7) is 11.0. The van der Waals surface area contributed by atoms with Crippen LogP contribution >= 0.6 is 11.6 Å². The average Bonchev–Trinajstić information content (AvgIpc) is 2.53. The smallest absolute Gasteiger partial charge is 0.225 e. The Balaban J connectivity index is 2.48. The van der Waals surface area contributed by atoms with E-state index >= 15 is 0 Å². The fourth-order valence-corrected chi connectivity index (χ4v) is 2.35. The molecule has 3 nitrogen and oxygen atoms in total. The highest BCUT2D eigenvalue weighted by Gasteiger charge is 2.24. The maximum atomic E-state index is 12.2. The molecule has 1 unspecified atom stereocenters. The summed E-state index contributed by atoms with van der Waals surface area (Å²) < 4.78 is 0. The summed E-state index contributed by atoms with van der Waals surface area (Å²) >= 11 is 5.76. The van der Waals surface area contributed by atoms with E-state index < -0.39 is 0 Å². The lowest BCUT2D eigenvalue weighted by Crippen LogP contribution is -2.39. The third kappa shape index (κ3) is 4.47. The fraction of sp³-hybridized carbons (Fsp3) is 0.923. The number of nitrogens with zero attached hydrogens (tertiary/aromatic N) is 2. The molecule has 1 amide bonds. The second-order valence-electron chi connectivity index (χ2n) is 5.24. The molecule has 0 spiro atoms. The standard InChI is InChI=1S/C13H25ClN2O/c1-11(2)12(3)13(17)16-7-4-6-15(8-5-14)9-10-16/h11-12H,4-10H2,1-3H3. The first-order chi connectivity index (χ1) is 8.06. The van der Waals surface area contributed by atoms with Gasteiger partial charge in [-0.15, -0.1) is 11.6 Å². The Morgan fingerprint density at radius 2 is 1.88 bits per heavy atom. The maximum absolute atomic E-state index is 12.2. The number of alkyl halides is 1. The largest absolute Gasteiger partial charge is 0.341 e. The summed E-state index contributed by atoms with van der Waals surface area (Å²) in [6, 6.07) is 0. The zero-order chi connectivity index (χ0) is 12.8. The van der Waals surface area contributed by atoms with Gasteiger partial charge in [0.25, 0.3) is 0 Å². The van der Waals surface area contributed by atoms with E-state index in [0.717, 1.165) is 39.1 Å². The fourth-order valence-electron chi connectivity index (χ4n) is 2.11. The summed E-state index contributed by atoms with van der Waals surface area (Å²) in [5.41, 5.74) is 0. The van der Waals surface area contributed by atoms with Crippen molar-refractivity contribution in [3.8, 4) is 0 Å².